The average Bonchev–Trinajstić information content (AvgIpc) is 2.69. The number of nitrogens with one attached hydrogen (secondary N) is 1. The van der Waals surface area contributed by atoms with Gasteiger partial charge in [0.25, 0.3) is 5.91 Å². The van der Waals surface area contributed by atoms with E-state index in [1.807, 2.05) is 30.5 Å². The van der Waals surface area contributed by atoms with E-state index in [2.05, 4.69) is 5.32 Å². The lowest BCUT2D eigenvalue weighted by Gasteiger charge is -2.26. The van der Waals surface area contributed by atoms with Crippen LogP contribution >= 0.6 is 23.4 Å². The van der Waals surface area contributed by atoms with Crippen molar-refractivity contribution >= 4 is 45.0 Å². The molecule has 0 spiro atoms. The molecule has 2 aromatic carbocycles. The molecular weight excluding hydrogens is 404 g/mol. The molecule has 8 heteroatoms. The van der Waals surface area contributed by atoms with Crippen LogP contribution in [0.4, 0.5) is 5.69 Å². The van der Waals surface area contributed by atoms with E-state index in [1.165, 1.54) is 34.3 Å². The van der Waals surface area contributed by atoms with Crippen molar-refractivity contribution in [3.05, 3.63) is 53.1 Å². The number of rotatable bonds is 5. The summed E-state index contributed by atoms with van der Waals surface area (Å²) in [6, 6.07) is 11.8. The Morgan fingerprint density at radius 1 is 1.11 bits per heavy atom. The van der Waals surface area contributed by atoms with Gasteiger partial charge in [-0.15, -0.1) is 11.8 Å². The predicted octanol–water partition coefficient (Wildman–Crippen LogP) is 4.49. The molecule has 5 nitrogen and oxygen atoms in total. The third-order valence-corrected chi connectivity index (χ3v) is 7.66. The van der Waals surface area contributed by atoms with Gasteiger partial charge in [0.05, 0.1) is 10.7 Å². The number of carbonyl (C=O) groups is 1. The Morgan fingerprint density at radius 3 is 2.52 bits per heavy atom. The highest BCUT2D eigenvalue weighted by Crippen LogP contribution is 2.29. The van der Waals surface area contributed by atoms with Crippen molar-refractivity contribution in [3.63, 3.8) is 0 Å². The quantitative estimate of drug-likeness (QED) is 0.718. The van der Waals surface area contributed by atoms with Crippen molar-refractivity contribution in [1.29, 1.82) is 0 Å². The molecule has 0 radical (unpaired) electrons. The Kier molecular flexibility index (Phi) is 6.47. The van der Waals surface area contributed by atoms with Crippen LogP contribution in [0.25, 0.3) is 0 Å². The molecule has 0 unspecified atom stereocenters. The van der Waals surface area contributed by atoms with Crippen molar-refractivity contribution in [1.82, 2.24) is 4.31 Å². The number of amides is 1. The maximum atomic E-state index is 12.9. The molecule has 27 heavy (non-hydrogen) atoms. The second-order valence-corrected chi connectivity index (χ2v) is 9.43. The lowest BCUT2D eigenvalue weighted by atomic mass is 10.2. The van der Waals surface area contributed by atoms with Gasteiger partial charge >= 0.3 is 0 Å². The topological polar surface area (TPSA) is 66.5 Å². The van der Waals surface area contributed by atoms with Gasteiger partial charge in [0.2, 0.25) is 10.0 Å². The van der Waals surface area contributed by atoms with Gasteiger partial charge in [0.1, 0.15) is 4.90 Å². The minimum atomic E-state index is -3.72. The summed E-state index contributed by atoms with van der Waals surface area (Å²) in [5.74, 6) is -0.372. The van der Waals surface area contributed by atoms with E-state index in [1.54, 1.807) is 0 Å². The van der Waals surface area contributed by atoms with Gasteiger partial charge in [-0.1, -0.05) is 30.2 Å². The summed E-state index contributed by atoms with van der Waals surface area (Å²) in [5.41, 5.74) is 0.941. The van der Waals surface area contributed by atoms with Crippen molar-refractivity contribution in [2.24, 2.45) is 0 Å². The Labute approximate surface area is 169 Å². The SMILES string of the molecule is CSc1ccccc1NC(=O)c1ccc(Cl)c(S(=O)(=O)N2CCCCC2)c1. The lowest BCUT2D eigenvalue weighted by molar-refractivity contribution is 0.102. The first-order valence-corrected chi connectivity index (χ1v) is 11.7. The largest absolute Gasteiger partial charge is 0.321 e. The van der Waals surface area contributed by atoms with E-state index < -0.39 is 10.0 Å². The highest BCUT2D eigenvalue weighted by molar-refractivity contribution is 7.98. The van der Waals surface area contributed by atoms with Crippen molar-refractivity contribution in [3.8, 4) is 0 Å². The first kappa shape index (κ1) is 20.2. The number of hydrogen-bond donors (Lipinski definition) is 1. The van der Waals surface area contributed by atoms with Gasteiger partial charge in [0, 0.05) is 23.5 Å². The molecule has 0 bridgehead atoms. The molecule has 2 aromatic rings. The third kappa shape index (κ3) is 4.48. The van der Waals surface area contributed by atoms with Crippen LogP contribution < -0.4 is 5.32 Å². The molecule has 3 rings (SSSR count). The van der Waals surface area contributed by atoms with Crippen LogP contribution in [-0.2, 0) is 10.0 Å². The summed E-state index contributed by atoms with van der Waals surface area (Å²) in [6.07, 6.45) is 4.62. The highest BCUT2D eigenvalue weighted by Gasteiger charge is 2.28. The van der Waals surface area contributed by atoms with Crippen LogP contribution in [0.5, 0.6) is 0 Å². The third-order valence-electron chi connectivity index (χ3n) is 4.48. The van der Waals surface area contributed by atoms with Gasteiger partial charge in [-0.05, 0) is 49.4 Å². The Balaban J connectivity index is 1.89. The second kappa shape index (κ2) is 8.65. The monoisotopic (exact) mass is 424 g/mol. The number of thioether (sulfide) groups is 1. The molecule has 144 valence electrons. The zero-order valence-electron chi connectivity index (χ0n) is 14.9. The molecule has 1 N–H and O–H groups in total. The molecular formula is C19H21ClN2O3S2. The van der Waals surface area contributed by atoms with Crippen LogP contribution in [0.15, 0.2) is 52.3 Å². The summed E-state index contributed by atoms with van der Waals surface area (Å²) in [4.78, 5) is 13.6. The fraction of sp³-hybridized carbons (Fsp3) is 0.316. The molecule has 0 atom stereocenters. The molecule has 1 saturated heterocycles. The van der Waals surface area contributed by atoms with Crippen molar-refractivity contribution in [2.75, 3.05) is 24.7 Å². The Morgan fingerprint density at radius 2 is 1.81 bits per heavy atom. The first-order valence-electron chi connectivity index (χ1n) is 8.67. The summed E-state index contributed by atoms with van der Waals surface area (Å²) in [7, 11) is -3.72. The first-order chi connectivity index (χ1) is 12.9. The molecule has 1 aliphatic heterocycles. The summed E-state index contributed by atoms with van der Waals surface area (Å²) < 4.78 is 27.3. The van der Waals surface area contributed by atoms with Gasteiger partial charge < -0.3 is 5.32 Å². The number of para-hydroxylation sites is 1. The number of nitrogens with zero attached hydrogens (tertiary/aromatic N) is 1. The van der Waals surface area contributed by atoms with E-state index in [9.17, 15) is 13.2 Å². The number of piperidine rings is 1. The molecule has 0 aromatic heterocycles. The smallest absolute Gasteiger partial charge is 0.255 e. The molecule has 0 aliphatic carbocycles. The molecule has 1 aliphatic rings. The molecule has 1 fully saturated rings. The fourth-order valence-electron chi connectivity index (χ4n) is 3.03. The van der Waals surface area contributed by atoms with E-state index >= 15 is 0 Å². The van der Waals surface area contributed by atoms with E-state index in [4.69, 9.17) is 11.6 Å². The van der Waals surface area contributed by atoms with Crippen LogP contribution in [-0.4, -0.2) is 38.0 Å². The fourth-order valence-corrected chi connectivity index (χ4v) is 5.60. The normalized spacial score (nSPS) is 15.5. The molecule has 1 amide bonds. The van der Waals surface area contributed by atoms with Gasteiger partial charge in [-0.2, -0.15) is 4.31 Å². The number of sulfonamides is 1. The maximum Gasteiger partial charge on any atom is 0.255 e. The Bertz CT molecular complexity index is 942. The van der Waals surface area contributed by atoms with Gasteiger partial charge in [-0.3, -0.25) is 4.79 Å². The van der Waals surface area contributed by atoms with Gasteiger partial charge in [-0.25, -0.2) is 8.42 Å². The number of carbonyl (C=O) groups excluding carboxylic acids is 1. The summed E-state index contributed by atoms with van der Waals surface area (Å²) in [6.45, 7) is 0.965. The lowest BCUT2D eigenvalue weighted by Crippen LogP contribution is -2.35. The number of halogens is 1. The Hall–Kier alpha value is -1.54. The van der Waals surface area contributed by atoms with Crippen LogP contribution in [0, 0.1) is 0 Å². The second-order valence-electron chi connectivity index (χ2n) is 6.26. The summed E-state index contributed by atoms with van der Waals surface area (Å²) in [5, 5.41) is 2.97. The summed E-state index contributed by atoms with van der Waals surface area (Å²) >= 11 is 7.69. The average molecular weight is 425 g/mol. The van der Waals surface area contributed by atoms with E-state index in [0.29, 0.717) is 18.8 Å². The van der Waals surface area contributed by atoms with E-state index in [0.717, 1.165) is 24.2 Å². The van der Waals surface area contributed by atoms with Crippen LogP contribution in [0.2, 0.25) is 5.02 Å². The predicted molar refractivity (Wildman–Crippen MR) is 110 cm³/mol. The number of hydrogen-bond acceptors (Lipinski definition) is 4. The number of benzene rings is 2. The molecule has 0 saturated carbocycles. The van der Waals surface area contributed by atoms with Crippen LogP contribution in [0.3, 0.4) is 0 Å². The minimum Gasteiger partial charge on any atom is -0.321 e. The number of anilines is 1. The zero-order valence-corrected chi connectivity index (χ0v) is 17.3. The van der Waals surface area contributed by atoms with Crippen LogP contribution in [0.1, 0.15) is 29.6 Å². The maximum absolute atomic E-state index is 12.9. The molecule has 1 heterocycles. The standard InChI is InChI=1S/C19H21ClN2O3S2/c1-26-17-8-4-3-7-16(17)21-19(23)14-9-10-15(20)18(13-14)27(24,25)22-11-5-2-6-12-22/h3-4,7-10,13H,2,5-6,11-12H2,1H3,(H,21,23). The highest BCUT2D eigenvalue weighted by atomic mass is 35.5. The van der Waals surface area contributed by atoms with E-state index in [-0.39, 0.29) is 21.4 Å². The minimum absolute atomic E-state index is 0.0168. The van der Waals surface area contributed by atoms with Crippen molar-refractivity contribution < 1.29 is 13.2 Å². The van der Waals surface area contributed by atoms with Crippen molar-refractivity contribution in [2.45, 2.75) is 29.1 Å². The zero-order chi connectivity index (χ0) is 19.4. The van der Waals surface area contributed by atoms with Gasteiger partial charge in [0.15, 0.2) is 0 Å².